The Bertz CT molecular complexity index is 230. The fourth-order valence-corrected chi connectivity index (χ4v) is 3.37. The first-order valence-corrected chi connectivity index (χ1v) is 11.1. The summed E-state index contributed by atoms with van der Waals surface area (Å²) in [6.07, 6.45) is 21.4. The van der Waals surface area contributed by atoms with Crippen LogP contribution in [0.5, 0.6) is 0 Å². The minimum absolute atomic E-state index is 0.0592. The quantitative estimate of drug-likeness (QED) is 0.254. The number of hydrogen-bond acceptors (Lipinski definition) is 2. The molecule has 0 saturated heterocycles. The van der Waals surface area contributed by atoms with Crippen LogP contribution in [0.4, 0.5) is 0 Å². The third-order valence-corrected chi connectivity index (χ3v) is 5.11. The van der Waals surface area contributed by atoms with Gasteiger partial charge in [0.2, 0.25) is 0 Å². The van der Waals surface area contributed by atoms with Crippen molar-refractivity contribution in [3.63, 3.8) is 0 Å². The van der Waals surface area contributed by atoms with Gasteiger partial charge >= 0.3 is 0 Å². The molecule has 0 spiro atoms. The van der Waals surface area contributed by atoms with Crippen molar-refractivity contribution in [2.45, 2.75) is 142 Å². The maximum atomic E-state index is 9.93. The highest BCUT2D eigenvalue weighted by molar-refractivity contribution is 4.58. The first-order valence-electron chi connectivity index (χ1n) is 11.1. The Morgan fingerprint density at radius 1 is 0.417 bits per heavy atom. The Balaban J connectivity index is 3.19. The smallest absolute Gasteiger partial charge is 0.0540 e. The Kier molecular flexibility index (Phi) is 19.2. The van der Waals surface area contributed by atoms with Crippen molar-refractivity contribution in [2.75, 3.05) is 0 Å². The molecule has 0 rings (SSSR count). The fraction of sp³-hybridized carbons (Fsp3) is 1.00. The molecule has 0 amide bonds. The first-order chi connectivity index (χ1) is 11.7. The van der Waals surface area contributed by atoms with Crippen molar-refractivity contribution < 1.29 is 10.2 Å². The van der Waals surface area contributed by atoms with Crippen molar-refractivity contribution in [2.24, 2.45) is 0 Å². The molecule has 0 aromatic heterocycles. The third-order valence-electron chi connectivity index (χ3n) is 5.11. The van der Waals surface area contributed by atoms with Crippen molar-refractivity contribution in [1.82, 2.24) is 0 Å². The monoisotopic (exact) mass is 342 g/mol. The second kappa shape index (κ2) is 19.2. The summed E-state index contributed by atoms with van der Waals surface area (Å²) in [6.45, 7) is 4.44. The van der Waals surface area contributed by atoms with Gasteiger partial charge in [0.1, 0.15) is 0 Å². The summed E-state index contributed by atoms with van der Waals surface area (Å²) in [5, 5.41) is 19.8. The van der Waals surface area contributed by atoms with Gasteiger partial charge in [0.15, 0.2) is 0 Å². The Morgan fingerprint density at radius 2 is 0.667 bits per heavy atom. The molecule has 0 aromatic rings. The normalized spacial score (nSPS) is 14.0. The number of aliphatic hydroxyl groups is 2. The van der Waals surface area contributed by atoms with E-state index in [2.05, 4.69) is 13.8 Å². The van der Waals surface area contributed by atoms with Crippen LogP contribution in [-0.2, 0) is 0 Å². The highest BCUT2D eigenvalue weighted by Gasteiger charge is 2.04. The minimum Gasteiger partial charge on any atom is -0.393 e. The topological polar surface area (TPSA) is 40.5 Å². The lowest BCUT2D eigenvalue weighted by atomic mass is 10.0. The summed E-state index contributed by atoms with van der Waals surface area (Å²) in [7, 11) is 0. The summed E-state index contributed by atoms with van der Waals surface area (Å²) >= 11 is 0. The lowest BCUT2D eigenvalue weighted by molar-refractivity contribution is 0.146. The largest absolute Gasteiger partial charge is 0.393 e. The molecule has 24 heavy (non-hydrogen) atoms. The van der Waals surface area contributed by atoms with E-state index in [1.54, 1.807) is 0 Å². The van der Waals surface area contributed by atoms with Gasteiger partial charge in [-0.15, -0.1) is 0 Å². The molecule has 0 aliphatic carbocycles. The molecule has 2 N–H and O–H groups in total. The SMILES string of the molecule is CCCCCCC(O)CCCCCCCCCC(O)CCCCC. The summed E-state index contributed by atoms with van der Waals surface area (Å²) in [4.78, 5) is 0. The Hall–Kier alpha value is -0.0800. The van der Waals surface area contributed by atoms with Crippen LogP contribution in [0.2, 0.25) is 0 Å². The molecule has 2 atom stereocenters. The maximum Gasteiger partial charge on any atom is 0.0540 e. The molecule has 0 aliphatic heterocycles. The van der Waals surface area contributed by atoms with E-state index >= 15 is 0 Å². The van der Waals surface area contributed by atoms with Crippen LogP contribution in [0.1, 0.15) is 129 Å². The molecule has 0 aromatic carbocycles. The molecule has 2 nitrogen and oxygen atoms in total. The van der Waals surface area contributed by atoms with Gasteiger partial charge in [0.05, 0.1) is 12.2 Å². The predicted molar refractivity (Wildman–Crippen MR) is 106 cm³/mol. The lowest BCUT2D eigenvalue weighted by Gasteiger charge is -2.10. The highest BCUT2D eigenvalue weighted by Crippen LogP contribution is 2.15. The van der Waals surface area contributed by atoms with Crippen molar-refractivity contribution in [3.8, 4) is 0 Å². The average molecular weight is 343 g/mol. The van der Waals surface area contributed by atoms with Gasteiger partial charge in [-0.3, -0.25) is 0 Å². The van der Waals surface area contributed by atoms with Gasteiger partial charge in [0.25, 0.3) is 0 Å². The van der Waals surface area contributed by atoms with Gasteiger partial charge in [-0.25, -0.2) is 0 Å². The van der Waals surface area contributed by atoms with Crippen LogP contribution < -0.4 is 0 Å². The highest BCUT2D eigenvalue weighted by atomic mass is 16.3. The van der Waals surface area contributed by atoms with E-state index in [-0.39, 0.29) is 12.2 Å². The van der Waals surface area contributed by atoms with Gasteiger partial charge in [-0.1, -0.05) is 104 Å². The molecule has 0 heterocycles. The molecule has 0 fully saturated rings. The van der Waals surface area contributed by atoms with E-state index in [0.29, 0.717) is 0 Å². The molecule has 146 valence electrons. The zero-order valence-electron chi connectivity index (χ0n) is 16.8. The molecule has 0 bridgehead atoms. The average Bonchev–Trinajstić information content (AvgIpc) is 2.57. The van der Waals surface area contributed by atoms with Crippen LogP contribution in [-0.4, -0.2) is 22.4 Å². The van der Waals surface area contributed by atoms with Crippen LogP contribution >= 0.6 is 0 Å². The molecule has 0 saturated carbocycles. The number of unbranched alkanes of at least 4 members (excludes halogenated alkanes) is 11. The van der Waals surface area contributed by atoms with E-state index in [0.717, 1.165) is 25.7 Å². The number of aliphatic hydroxyl groups excluding tert-OH is 2. The molecule has 0 radical (unpaired) electrons. The predicted octanol–water partition coefficient (Wildman–Crippen LogP) is 6.77. The Labute approximate surface area is 152 Å². The molecular weight excluding hydrogens is 296 g/mol. The number of hydrogen-bond donors (Lipinski definition) is 2. The Morgan fingerprint density at radius 3 is 1.04 bits per heavy atom. The summed E-state index contributed by atoms with van der Waals surface area (Å²) in [5.74, 6) is 0. The lowest BCUT2D eigenvalue weighted by Crippen LogP contribution is -2.06. The van der Waals surface area contributed by atoms with Gasteiger partial charge < -0.3 is 10.2 Å². The van der Waals surface area contributed by atoms with Crippen LogP contribution in [0.25, 0.3) is 0 Å². The summed E-state index contributed by atoms with van der Waals surface area (Å²) < 4.78 is 0. The molecule has 2 heteroatoms. The number of rotatable bonds is 19. The van der Waals surface area contributed by atoms with Gasteiger partial charge in [-0.05, 0) is 25.7 Å². The van der Waals surface area contributed by atoms with Crippen LogP contribution in [0, 0.1) is 0 Å². The van der Waals surface area contributed by atoms with Gasteiger partial charge in [0, 0.05) is 0 Å². The van der Waals surface area contributed by atoms with Crippen LogP contribution in [0.15, 0.2) is 0 Å². The molecular formula is C22H46O2. The van der Waals surface area contributed by atoms with E-state index in [4.69, 9.17) is 0 Å². The third kappa shape index (κ3) is 18.3. The zero-order chi connectivity index (χ0) is 17.9. The standard InChI is InChI=1S/C22H46O2/c1-3-5-7-14-18-22(24)20-16-12-10-8-9-11-15-19-21(23)17-13-6-4-2/h21-24H,3-20H2,1-2H3. The zero-order valence-corrected chi connectivity index (χ0v) is 16.8. The van der Waals surface area contributed by atoms with Crippen molar-refractivity contribution in [3.05, 3.63) is 0 Å². The first kappa shape index (κ1) is 23.9. The van der Waals surface area contributed by atoms with E-state index in [1.165, 1.54) is 89.9 Å². The molecule has 2 unspecified atom stereocenters. The van der Waals surface area contributed by atoms with E-state index < -0.39 is 0 Å². The summed E-state index contributed by atoms with van der Waals surface area (Å²) in [6, 6.07) is 0. The second-order valence-electron chi connectivity index (χ2n) is 7.70. The fourth-order valence-electron chi connectivity index (χ4n) is 3.37. The minimum atomic E-state index is -0.0598. The van der Waals surface area contributed by atoms with Crippen molar-refractivity contribution in [1.29, 1.82) is 0 Å². The second-order valence-corrected chi connectivity index (χ2v) is 7.70. The van der Waals surface area contributed by atoms with E-state index in [1.807, 2.05) is 0 Å². The van der Waals surface area contributed by atoms with E-state index in [9.17, 15) is 10.2 Å². The maximum absolute atomic E-state index is 9.93. The summed E-state index contributed by atoms with van der Waals surface area (Å²) in [5.41, 5.74) is 0. The van der Waals surface area contributed by atoms with Crippen LogP contribution in [0.3, 0.4) is 0 Å². The molecule has 0 aliphatic rings. The van der Waals surface area contributed by atoms with Gasteiger partial charge in [-0.2, -0.15) is 0 Å². The van der Waals surface area contributed by atoms with Crippen molar-refractivity contribution >= 4 is 0 Å².